The molecule has 0 atom stereocenters. The Hall–Kier alpha value is -1.62. The van der Waals surface area contributed by atoms with Gasteiger partial charge < -0.3 is 5.32 Å². The second-order valence-corrected chi connectivity index (χ2v) is 4.04. The summed E-state index contributed by atoms with van der Waals surface area (Å²) in [4.78, 5) is 0. The van der Waals surface area contributed by atoms with E-state index in [1.165, 1.54) is 5.69 Å². The van der Waals surface area contributed by atoms with Gasteiger partial charge in [-0.05, 0) is 26.0 Å². The van der Waals surface area contributed by atoms with E-state index in [9.17, 15) is 0 Å². The molecule has 5 nitrogen and oxygen atoms in total. The Kier molecular flexibility index (Phi) is 3.93. The van der Waals surface area contributed by atoms with Crippen molar-refractivity contribution in [1.82, 2.24) is 24.9 Å². The average Bonchev–Trinajstić information content (AvgIpc) is 2.93. The Morgan fingerprint density at radius 2 is 2.29 bits per heavy atom. The van der Waals surface area contributed by atoms with Gasteiger partial charge in [0.05, 0.1) is 17.9 Å². The van der Waals surface area contributed by atoms with Crippen molar-refractivity contribution in [3.63, 3.8) is 0 Å². The summed E-state index contributed by atoms with van der Waals surface area (Å²) in [6.45, 7) is 7.72. The second-order valence-electron chi connectivity index (χ2n) is 4.04. The smallest absolute Gasteiger partial charge is 0.0597 e. The molecule has 0 spiro atoms. The van der Waals surface area contributed by atoms with Crippen LogP contribution in [0.15, 0.2) is 24.5 Å². The molecule has 0 aromatic carbocycles. The van der Waals surface area contributed by atoms with Gasteiger partial charge in [-0.15, -0.1) is 0 Å². The molecule has 0 aliphatic rings. The van der Waals surface area contributed by atoms with Gasteiger partial charge in [-0.25, -0.2) is 0 Å². The fourth-order valence-electron chi connectivity index (χ4n) is 1.86. The maximum Gasteiger partial charge on any atom is 0.0597 e. The monoisotopic (exact) mass is 233 g/mol. The van der Waals surface area contributed by atoms with Crippen LogP contribution < -0.4 is 5.32 Å². The number of nitrogens with one attached hydrogen (secondary N) is 1. The van der Waals surface area contributed by atoms with E-state index < -0.39 is 0 Å². The van der Waals surface area contributed by atoms with Crippen molar-refractivity contribution in [3.05, 3.63) is 35.9 Å². The molecule has 0 unspecified atom stereocenters. The molecule has 0 saturated heterocycles. The summed E-state index contributed by atoms with van der Waals surface area (Å²) in [5.41, 5.74) is 2.32. The summed E-state index contributed by atoms with van der Waals surface area (Å²) in [5.74, 6) is 0. The zero-order valence-corrected chi connectivity index (χ0v) is 10.4. The average molecular weight is 233 g/mol. The predicted octanol–water partition coefficient (Wildman–Crippen LogP) is 1.20. The maximum atomic E-state index is 4.42. The van der Waals surface area contributed by atoms with Crippen LogP contribution in [0.1, 0.15) is 18.3 Å². The Balaban J connectivity index is 1.77. The number of hydrogen-bond donors (Lipinski definition) is 1. The fourth-order valence-corrected chi connectivity index (χ4v) is 1.86. The van der Waals surface area contributed by atoms with Gasteiger partial charge in [0.1, 0.15) is 0 Å². The predicted molar refractivity (Wildman–Crippen MR) is 66.6 cm³/mol. The molecule has 92 valence electrons. The Labute approximate surface area is 101 Å². The summed E-state index contributed by atoms with van der Waals surface area (Å²) in [6, 6.07) is 4.07. The van der Waals surface area contributed by atoms with Gasteiger partial charge in [0.2, 0.25) is 0 Å². The summed E-state index contributed by atoms with van der Waals surface area (Å²) in [5, 5.41) is 12.0. The van der Waals surface area contributed by atoms with Crippen LogP contribution in [0.2, 0.25) is 0 Å². The van der Waals surface area contributed by atoms with Crippen molar-refractivity contribution in [2.24, 2.45) is 0 Å². The van der Waals surface area contributed by atoms with E-state index in [0.717, 1.165) is 31.9 Å². The van der Waals surface area contributed by atoms with Crippen molar-refractivity contribution >= 4 is 0 Å². The van der Waals surface area contributed by atoms with Crippen LogP contribution in [-0.4, -0.2) is 26.1 Å². The fraction of sp³-hybridized carbons (Fsp3) is 0.500. The molecule has 0 aliphatic heterocycles. The highest BCUT2D eigenvalue weighted by molar-refractivity contribution is 5.08. The topological polar surface area (TPSA) is 47.7 Å². The molecule has 2 heterocycles. The number of aromatic nitrogens is 4. The standard InChI is InChI=1S/C12H19N5/c1-3-17-12(9-11(2)15-17)10-13-6-8-16-7-4-5-14-16/h4-5,7,9,13H,3,6,8,10H2,1-2H3. The lowest BCUT2D eigenvalue weighted by Crippen LogP contribution is -2.21. The zero-order chi connectivity index (χ0) is 12.1. The molecule has 2 aromatic heterocycles. The molecule has 0 radical (unpaired) electrons. The molecular formula is C12H19N5. The largest absolute Gasteiger partial charge is 0.309 e. The molecule has 0 aliphatic carbocycles. The summed E-state index contributed by atoms with van der Waals surface area (Å²) in [6.07, 6.45) is 3.78. The number of aryl methyl sites for hydroxylation is 2. The molecule has 0 saturated carbocycles. The van der Waals surface area contributed by atoms with Crippen molar-refractivity contribution in [1.29, 1.82) is 0 Å². The van der Waals surface area contributed by atoms with E-state index in [1.54, 1.807) is 6.20 Å². The first-order valence-electron chi connectivity index (χ1n) is 6.01. The Morgan fingerprint density at radius 3 is 3.00 bits per heavy atom. The lowest BCUT2D eigenvalue weighted by atomic mass is 10.3. The van der Waals surface area contributed by atoms with E-state index in [0.29, 0.717) is 0 Å². The highest BCUT2D eigenvalue weighted by atomic mass is 15.3. The molecule has 0 bridgehead atoms. The molecule has 0 fully saturated rings. The van der Waals surface area contributed by atoms with E-state index in [2.05, 4.69) is 28.5 Å². The SMILES string of the molecule is CCn1nc(C)cc1CNCCn1cccn1. The molecule has 17 heavy (non-hydrogen) atoms. The molecule has 5 heteroatoms. The van der Waals surface area contributed by atoms with Gasteiger partial charge >= 0.3 is 0 Å². The molecule has 2 aromatic rings. The van der Waals surface area contributed by atoms with E-state index >= 15 is 0 Å². The van der Waals surface area contributed by atoms with Crippen LogP contribution >= 0.6 is 0 Å². The van der Waals surface area contributed by atoms with Gasteiger partial charge in [-0.1, -0.05) is 0 Å². The minimum absolute atomic E-state index is 0.857. The minimum atomic E-state index is 0.857. The van der Waals surface area contributed by atoms with Crippen molar-refractivity contribution < 1.29 is 0 Å². The van der Waals surface area contributed by atoms with Crippen LogP contribution in [0.3, 0.4) is 0 Å². The normalized spacial score (nSPS) is 10.9. The lowest BCUT2D eigenvalue weighted by molar-refractivity contribution is 0.531. The van der Waals surface area contributed by atoms with Gasteiger partial charge in [0.25, 0.3) is 0 Å². The lowest BCUT2D eigenvalue weighted by Gasteiger charge is -2.06. The third-order valence-electron chi connectivity index (χ3n) is 2.67. The molecular weight excluding hydrogens is 214 g/mol. The molecule has 1 N–H and O–H groups in total. The first kappa shape index (κ1) is 11.9. The van der Waals surface area contributed by atoms with E-state index in [1.807, 2.05) is 28.6 Å². The van der Waals surface area contributed by atoms with Gasteiger partial charge in [0.15, 0.2) is 0 Å². The van der Waals surface area contributed by atoms with Gasteiger partial charge in [-0.2, -0.15) is 10.2 Å². The Morgan fingerprint density at radius 1 is 1.41 bits per heavy atom. The Bertz CT molecular complexity index is 443. The number of nitrogens with zero attached hydrogens (tertiary/aromatic N) is 4. The van der Waals surface area contributed by atoms with Gasteiger partial charge in [0, 0.05) is 32.0 Å². The second kappa shape index (κ2) is 5.63. The van der Waals surface area contributed by atoms with Crippen LogP contribution in [0.4, 0.5) is 0 Å². The third kappa shape index (κ3) is 3.17. The molecule has 0 amide bonds. The molecule has 2 rings (SSSR count). The highest BCUT2D eigenvalue weighted by Crippen LogP contribution is 2.02. The summed E-state index contributed by atoms with van der Waals surface area (Å²) < 4.78 is 3.96. The minimum Gasteiger partial charge on any atom is -0.309 e. The quantitative estimate of drug-likeness (QED) is 0.763. The number of rotatable bonds is 6. The maximum absolute atomic E-state index is 4.42. The van der Waals surface area contributed by atoms with E-state index in [-0.39, 0.29) is 0 Å². The number of hydrogen-bond acceptors (Lipinski definition) is 3. The first-order chi connectivity index (χ1) is 8.29. The van der Waals surface area contributed by atoms with Crippen LogP contribution in [-0.2, 0) is 19.6 Å². The van der Waals surface area contributed by atoms with Crippen molar-refractivity contribution in [2.75, 3.05) is 6.54 Å². The van der Waals surface area contributed by atoms with Crippen molar-refractivity contribution in [3.8, 4) is 0 Å². The van der Waals surface area contributed by atoms with Crippen LogP contribution in [0, 0.1) is 6.92 Å². The van der Waals surface area contributed by atoms with Crippen molar-refractivity contribution in [2.45, 2.75) is 33.5 Å². The van der Waals surface area contributed by atoms with E-state index in [4.69, 9.17) is 0 Å². The van der Waals surface area contributed by atoms with Gasteiger partial charge in [-0.3, -0.25) is 9.36 Å². The zero-order valence-electron chi connectivity index (χ0n) is 10.4. The summed E-state index contributed by atoms with van der Waals surface area (Å²) >= 11 is 0. The van der Waals surface area contributed by atoms with Crippen LogP contribution in [0.25, 0.3) is 0 Å². The highest BCUT2D eigenvalue weighted by Gasteiger charge is 2.02. The third-order valence-corrected chi connectivity index (χ3v) is 2.67. The van der Waals surface area contributed by atoms with Crippen LogP contribution in [0.5, 0.6) is 0 Å². The summed E-state index contributed by atoms with van der Waals surface area (Å²) in [7, 11) is 0. The first-order valence-corrected chi connectivity index (χ1v) is 6.01.